The first-order valence-corrected chi connectivity index (χ1v) is 25.7. The maximum Gasteiger partial charge on any atom is 0.269 e. The molecule has 11 rings (SSSR count). The highest BCUT2D eigenvalue weighted by Crippen LogP contribution is 2.46. The molecule has 0 spiro atoms. The highest BCUT2D eigenvalue weighted by Gasteiger charge is 2.36. The quantitative estimate of drug-likeness (QED) is 0.0956. The first-order chi connectivity index (χ1) is 40.0. The Kier molecular flexibility index (Phi) is 9.78. The Morgan fingerprint density at radius 1 is 0.520 bits per heavy atom. The summed E-state index contributed by atoms with van der Waals surface area (Å²) in [5, 5.41) is 2.11. The van der Waals surface area contributed by atoms with Crippen LogP contribution in [0.4, 0.5) is 0 Å². The van der Waals surface area contributed by atoms with Gasteiger partial charge in [-0.1, -0.05) is 209 Å². The molecule has 11 aromatic rings. The van der Waals surface area contributed by atoms with Gasteiger partial charge in [-0.05, 0) is 134 Å². The molecule has 0 radical (unpaired) electrons. The van der Waals surface area contributed by atoms with Gasteiger partial charge >= 0.3 is 0 Å². The first-order valence-electron chi connectivity index (χ1n) is 30.7. The molecular weight excluding hydrogens is 913 g/mol. The number of ether oxygens (including phenoxy) is 1. The minimum absolute atomic E-state index is 0.0426. The van der Waals surface area contributed by atoms with Gasteiger partial charge in [0.15, 0.2) is 0 Å². The molecule has 0 saturated carbocycles. The minimum atomic E-state index is -0.567. The van der Waals surface area contributed by atoms with Gasteiger partial charge in [-0.2, -0.15) is 0 Å². The summed E-state index contributed by atoms with van der Waals surface area (Å²) in [6.45, 7) is 23.0. The van der Waals surface area contributed by atoms with E-state index < -0.39 is 60.4 Å². The number of benzene rings is 8. The number of para-hydroxylation sites is 3. The van der Waals surface area contributed by atoms with Crippen LogP contribution in [-0.2, 0) is 10.8 Å². The lowest BCUT2D eigenvalue weighted by Crippen LogP contribution is -2.32. The normalized spacial score (nSPS) is 14.4. The van der Waals surface area contributed by atoms with Crippen molar-refractivity contribution in [1.29, 1.82) is 0 Å². The Labute approximate surface area is 457 Å². The predicted molar refractivity (Wildman–Crippen MR) is 313 cm³/mol. The average Bonchev–Trinajstić information content (AvgIpc) is 1.94. The monoisotopic (exact) mass is 991 g/mol. The van der Waals surface area contributed by atoms with E-state index in [1.807, 2.05) is 65.4 Å². The summed E-state index contributed by atoms with van der Waals surface area (Å²) >= 11 is 0. The Morgan fingerprint density at radius 3 is 1.84 bits per heavy atom. The third kappa shape index (κ3) is 9.92. The van der Waals surface area contributed by atoms with E-state index in [0.29, 0.717) is 28.2 Å². The summed E-state index contributed by atoms with van der Waals surface area (Å²) in [6.07, 6.45) is 7.46. The smallest absolute Gasteiger partial charge is 0.269 e. The van der Waals surface area contributed by atoms with Crippen LogP contribution in [0, 0.1) is 17.2 Å². The third-order valence-corrected chi connectivity index (χ3v) is 14.0. The van der Waals surface area contributed by atoms with Crippen LogP contribution >= 0.6 is 0 Å². The van der Waals surface area contributed by atoms with Gasteiger partial charge in [0.1, 0.15) is 17.3 Å². The predicted octanol–water partition coefficient (Wildman–Crippen LogP) is 18.4. The Morgan fingerprint density at radius 2 is 1.16 bits per heavy atom. The van der Waals surface area contributed by atoms with Crippen molar-refractivity contribution in [1.82, 2.24) is 14.1 Å². The highest BCUT2D eigenvalue weighted by molar-refractivity contribution is 6.10. The molecule has 0 atom stereocenters. The lowest BCUT2D eigenvalue weighted by atomic mass is 9.64. The van der Waals surface area contributed by atoms with Crippen molar-refractivity contribution < 1.29 is 23.0 Å². The second-order valence-corrected chi connectivity index (χ2v) is 23.6. The largest absolute Gasteiger partial charge is 0.458 e. The van der Waals surface area contributed by atoms with E-state index in [-0.39, 0.29) is 49.6 Å². The van der Waals surface area contributed by atoms with Gasteiger partial charge in [-0.25, -0.2) is 4.98 Å². The second kappa shape index (κ2) is 19.0. The Bertz CT molecular complexity index is 4340. The van der Waals surface area contributed by atoms with Gasteiger partial charge in [-0.15, -0.1) is 0 Å². The second-order valence-electron chi connectivity index (χ2n) is 23.6. The van der Waals surface area contributed by atoms with E-state index in [1.165, 1.54) is 5.56 Å². The van der Waals surface area contributed by atoms with Crippen LogP contribution in [0.25, 0.3) is 83.4 Å². The molecule has 0 aliphatic rings. The van der Waals surface area contributed by atoms with Gasteiger partial charge in [0.2, 0.25) is 0 Å². The van der Waals surface area contributed by atoms with E-state index in [2.05, 4.69) is 147 Å². The fourth-order valence-electron chi connectivity index (χ4n) is 11.4. The third-order valence-electron chi connectivity index (χ3n) is 14.0. The summed E-state index contributed by atoms with van der Waals surface area (Å²) in [6, 6.07) is 40.8. The van der Waals surface area contributed by atoms with Crippen molar-refractivity contribution in [3.8, 4) is 62.1 Å². The topological polar surface area (TPSA) is 35.9 Å². The zero-order valence-electron chi connectivity index (χ0n) is 54.5. The Balaban J connectivity index is 1.05. The minimum Gasteiger partial charge on any atom is -0.458 e. The van der Waals surface area contributed by atoms with Crippen LogP contribution in [0.1, 0.15) is 107 Å². The van der Waals surface area contributed by atoms with Crippen LogP contribution in [0.2, 0.25) is 0 Å². The Hall–Kier alpha value is -8.02. The standard InChI is InChI=1S/C70H68N4O/c1-67(2,3)45-70(10,46-68(4,5)6)53-27-19-26-50(40-53)51-34-37-61-60(41-51)59-36-35-56(44-64(59)74(61)65-42-52(38-39-71-65)69(7,8)9)75-55-29-20-28-54(43-55)72-47-73(63-33-18-17-32-62(63)72)66-57(48-22-13-11-14-23-48)30-21-31-58(66)49-24-15-12-16-25-49/h11-44H,45-46H2,1-10H3/i11D,12D,13D,14D,15D,16D,22D,23D,24D,25D. The number of hydrogen-bond acceptors (Lipinski definition) is 2. The SMILES string of the molecule is [2H]c1c([2H])c([2H])c(-c2cccc(-c3c([2H])c([2H])c([2H])c([2H])c3[2H])c2-[n+]2[c-]n(-c3cccc(Oc4ccc5c6cc(-c7cccc(C(C)(CC(C)(C)C)CC(C)(C)C)c7)ccc6n(-c6cc(C(C)(C)C)ccn6)c5c4)c3)c3ccccc32)c([2H])c1[2H]. The van der Waals surface area contributed by atoms with Gasteiger partial charge in [-0.3, -0.25) is 13.7 Å². The van der Waals surface area contributed by atoms with Crippen LogP contribution in [-0.4, -0.2) is 14.1 Å². The number of imidazole rings is 1. The van der Waals surface area contributed by atoms with Crippen molar-refractivity contribution in [2.24, 2.45) is 10.8 Å². The molecule has 0 fully saturated rings. The molecule has 0 N–H and O–H groups in total. The average molecular weight is 991 g/mol. The van der Waals surface area contributed by atoms with Crippen molar-refractivity contribution >= 4 is 32.8 Å². The highest BCUT2D eigenvalue weighted by atomic mass is 16.5. The molecule has 0 aliphatic carbocycles. The van der Waals surface area contributed by atoms with Crippen LogP contribution in [0.15, 0.2) is 206 Å². The van der Waals surface area contributed by atoms with E-state index in [0.717, 1.165) is 57.2 Å². The fourth-order valence-corrected chi connectivity index (χ4v) is 11.4. The first kappa shape index (κ1) is 38.5. The summed E-state index contributed by atoms with van der Waals surface area (Å²) in [7, 11) is 0. The zero-order chi connectivity index (χ0) is 61.0. The van der Waals surface area contributed by atoms with Crippen LogP contribution in [0.3, 0.4) is 0 Å². The van der Waals surface area contributed by atoms with Gasteiger partial charge < -0.3 is 4.74 Å². The number of aromatic nitrogens is 4. The molecule has 8 aromatic carbocycles. The van der Waals surface area contributed by atoms with E-state index in [4.69, 9.17) is 23.4 Å². The summed E-state index contributed by atoms with van der Waals surface area (Å²) in [5.74, 6) is 1.88. The number of hydrogen-bond donors (Lipinski definition) is 0. The summed E-state index contributed by atoms with van der Waals surface area (Å²) in [4.78, 5) is 4.99. The molecule has 0 amide bonds. The van der Waals surface area contributed by atoms with Crippen LogP contribution < -0.4 is 9.30 Å². The van der Waals surface area contributed by atoms with Crippen molar-refractivity contribution in [3.63, 3.8) is 0 Å². The van der Waals surface area contributed by atoms with Gasteiger partial charge in [0.05, 0.1) is 47.1 Å². The number of nitrogens with zero attached hydrogens (tertiary/aromatic N) is 4. The van der Waals surface area contributed by atoms with E-state index >= 15 is 0 Å². The molecule has 5 nitrogen and oxygen atoms in total. The van der Waals surface area contributed by atoms with E-state index in [1.54, 1.807) is 22.8 Å². The molecule has 5 heteroatoms. The summed E-state index contributed by atoms with van der Waals surface area (Å²) in [5.41, 5.74) is 8.85. The lowest BCUT2D eigenvalue weighted by molar-refractivity contribution is -0.571. The van der Waals surface area contributed by atoms with Crippen LogP contribution in [0.5, 0.6) is 11.5 Å². The van der Waals surface area contributed by atoms with E-state index in [9.17, 15) is 0 Å². The molecule has 0 bridgehead atoms. The number of pyridine rings is 1. The van der Waals surface area contributed by atoms with Gasteiger partial charge in [0.25, 0.3) is 6.33 Å². The zero-order valence-corrected chi connectivity index (χ0v) is 44.5. The maximum atomic E-state index is 9.10. The van der Waals surface area contributed by atoms with Gasteiger partial charge in [0, 0.05) is 23.0 Å². The lowest BCUT2D eigenvalue weighted by Gasteiger charge is -2.41. The summed E-state index contributed by atoms with van der Waals surface area (Å²) < 4.78 is 100. The molecule has 0 unspecified atom stereocenters. The maximum absolute atomic E-state index is 9.10. The molecule has 0 saturated heterocycles. The molecule has 3 heterocycles. The molecule has 374 valence electrons. The number of rotatable bonds is 11. The van der Waals surface area contributed by atoms with Crippen molar-refractivity contribution in [2.75, 3.05) is 0 Å². The molecule has 0 aliphatic heterocycles. The molecular formula is C70H68N4O. The number of fused-ring (bicyclic) bond motifs is 4. The fraction of sp³-hybridized carbons (Fsp3) is 0.229. The molecule has 75 heavy (non-hydrogen) atoms. The van der Waals surface area contributed by atoms with Crippen molar-refractivity contribution in [3.05, 3.63) is 224 Å². The van der Waals surface area contributed by atoms with Crippen molar-refractivity contribution in [2.45, 2.75) is 92.9 Å². The molecule has 3 aromatic heterocycles.